The molecule has 0 spiro atoms. The molecule has 240 valence electrons. The van der Waals surface area contributed by atoms with Gasteiger partial charge in [0.1, 0.15) is 18.1 Å². The van der Waals surface area contributed by atoms with Crippen molar-refractivity contribution in [1.82, 2.24) is 26.6 Å². The molecular weight excluding hydrogens is 600 g/mol. The molecule has 1 heterocycles. The molecule has 4 atom stereocenters. The zero-order chi connectivity index (χ0) is 32.6. The van der Waals surface area contributed by atoms with Gasteiger partial charge >= 0.3 is 11.9 Å². The summed E-state index contributed by atoms with van der Waals surface area (Å²) in [6, 6.07) is 4.39. The summed E-state index contributed by atoms with van der Waals surface area (Å²) in [6.07, 6.45) is -0.423. The van der Waals surface area contributed by atoms with E-state index in [2.05, 4.69) is 31.6 Å². The fourth-order valence-electron chi connectivity index (χ4n) is 3.93. The van der Waals surface area contributed by atoms with Crippen LogP contribution in [-0.4, -0.2) is 106 Å². The third-order valence-electron chi connectivity index (χ3n) is 6.11. The number of rotatable bonds is 9. The molecule has 0 saturated carbocycles. The summed E-state index contributed by atoms with van der Waals surface area (Å²) in [5, 5.41) is 29.7. The number of hydrogen-bond acceptors (Lipinski definition) is 9. The maximum Gasteiger partial charge on any atom is 0.327 e. The predicted octanol–water partition coefficient (Wildman–Crippen LogP) is -3.36. The zero-order valence-electron chi connectivity index (χ0n) is 23.6. The molecule has 1 aliphatic heterocycles. The van der Waals surface area contributed by atoms with Crippen molar-refractivity contribution in [2.45, 2.75) is 49.1 Å². The summed E-state index contributed by atoms with van der Waals surface area (Å²) in [4.78, 5) is 91.3. The van der Waals surface area contributed by atoms with Crippen LogP contribution in [0.1, 0.15) is 24.8 Å². The molecule has 1 aliphatic rings. The van der Waals surface area contributed by atoms with Crippen LogP contribution in [0.4, 0.5) is 0 Å². The van der Waals surface area contributed by atoms with Crippen molar-refractivity contribution in [3.05, 3.63) is 35.9 Å². The van der Waals surface area contributed by atoms with Gasteiger partial charge in [0.15, 0.2) is 5.96 Å². The van der Waals surface area contributed by atoms with Crippen molar-refractivity contribution in [3.8, 4) is 0 Å². The van der Waals surface area contributed by atoms with E-state index in [-0.39, 0.29) is 37.5 Å². The van der Waals surface area contributed by atoms with Gasteiger partial charge in [-0.25, -0.2) is 4.79 Å². The number of carboxylic acids is 2. The molecule has 0 radical (unpaired) electrons. The summed E-state index contributed by atoms with van der Waals surface area (Å²) in [5.74, 6) is -7.52. The first-order valence-corrected chi connectivity index (χ1v) is 14.5. The molecule has 0 aromatic heterocycles. The number of carboxylic acid groups (broad SMARTS) is 2. The number of carbonyl (C=O) groups is 7. The lowest BCUT2D eigenvalue weighted by Gasteiger charge is -2.23. The van der Waals surface area contributed by atoms with E-state index in [0.29, 0.717) is 0 Å². The Kier molecular flexibility index (Phi) is 14.4. The van der Waals surface area contributed by atoms with Gasteiger partial charge in [-0.1, -0.05) is 30.3 Å². The van der Waals surface area contributed by atoms with Gasteiger partial charge in [0.05, 0.1) is 24.8 Å². The predicted molar refractivity (Wildman–Crippen MR) is 158 cm³/mol. The highest BCUT2D eigenvalue weighted by Crippen LogP contribution is 2.19. The highest BCUT2D eigenvalue weighted by Gasteiger charge is 2.31. The van der Waals surface area contributed by atoms with E-state index < -0.39 is 84.4 Å². The molecule has 18 heteroatoms. The van der Waals surface area contributed by atoms with Gasteiger partial charge in [-0.3, -0.25) is 33.8 Å². The highest BCUT2D eigenvalue weighted by atomic mass is 32.2. The van der Waals surface area contributed by atoms with Gasteiger partial charge in [0.2, 0.25) is 29.5 Å². The summed E-state index contributed by atoms with van der Waals surface area (Å²) >= 11 is 0.900. The van der Waals surface area contributed by atoms with E-state index in [1.54, 1.807) is 30.3 Å². The van der Waals surface area contributed by atoms with E-state index in [9.17, 15) is 43.8 Å². The molecule has 5 amide bonds. The van der Waals surface area contributed by atoms with Gasteiger partial charge < -0.3 is 48.3 Å². The van der Waals surface area contributed by atoms with Crippen LogP contribution in [0.3, 0.4) is 0 Å². The number of guanidine groups is 1. The number of amides is 5. The van der Waals surface area contributed by atoms with Crippen molar-refractivity contribution in [1.29, 1.82) is 0 Å². The summed E-state index contributed by atoms with van der Waals surface area (Å²) in [6.45, 7) is -1.07. The second kappa shape index (κ2) is 17.9. The summed E-state index contributed by atoms with van der Waals surface area (Å²) < 4.78 is 0. The van der Waals surface area contributed by atoms with Crippen molar-refractivity contribution in [3.63, 3.8) is 0 Å². The van der Waals surface area contributed by atoms with Crippen LogP contribution in [0.2, 0.25) is 0 Å². The zero-order valence-corrected chi connectivity index (χ0v) is 24.4. The largest absolute Gasteiger partial charge is 0.481 e. The number of nitrogens with one attached hydrogen (secondary N) is 5. The molecule has 1 aromatic carbocycles. The van der Waals surface area contributed by atoms with Crippen molar-refractivity contribution in [2.75, 3.05) is 25.4 Å². The van der Waals surface area contributed by atoms with E-state index in [4.69, 9.17) is 11.5 Å². The minimum atomic E-state index is -1.68. The molecule has 11 N–H and O–H groups in total. The number of carbonyl (C=O) groups excluding carboxylic acids is 5. The maximum absolute atomic E-state index is 13.2. The molecule has 0 aliphatic carbocycles. The first-order chi connectivity index (χ1) is 20.8. The third-order valence-corrected chi connectivity index (χ3v) is 7.42. The van der Waals surface area contributed by atoms with Gasteiger partial charge in [-0.05, 0) is 24.8 Å². The monoisotopic (exact) mass is 636 g/mol. The van der Waals surface area contributed by atoms with Gasteiger partial charge in [0.25, 0.3) is 0 Å². The van der Waals surface area contributed by atoms with Crippen molar-refractivity contribution >= 4 is 59.2 Å². The molecule has 1 saturated heterocycles. The van der Waals surface area contributed by atoms with E-state index >= 15 is 0 Å². The van der Waals surface area contributed by atoms with Gasteiger partial charge in [0, 0.05) is 12.3 Å². The topological polar surface area (TPSA) is 284 Å². The van der Waals surface area contributed by atoms with Crippen LogP contribution in [0.25, 0.3) is 0 Å². The summed E-state index contributed by atoms with van der Waals surface area (Å²) in [5.41, 5.74) is 11.4. The van der Waals surface area contributed by atoms with E-state index in [1.165, 1.54) is 0 Å². The van der Waals surface area contributed by atoms with Crippen molar-refractivity contribution < 1.29 is 43.8 Å². The highest BCUT2D eigenvalue weighted by molar-refractivity contribution is 8.00. The minimum absolute atomic E-state index is 0.0526. The molecular formula is C26H36N8O9S. The van der Waals surface area contributed by atoms with Crippen LogP contribution in [0.5, 0.6) is 0 Å². The van der Waals surface area contributed by atoms with Crippen LogP contribution < -0.4 is 38.1 Å². The van der Waals surface area contributed by atoms with Crippen LogP contribution in [0.15, 0.2) is 35.3 Å². The Bertz CT molecular complexity index is 1240. The van der Waals surface area contributed by atoms with E-state index in [0.717, 1.165) is 17.3 Å². The molecule has 44 heavy (non-hydrogen) atoms. The molecule has 0 bridgehead atoms. The minimum Gasteiger partial charge on any atom is -0.481 e. The lowest BCUT2D eigenvalue weighted by molar-refractivity contribution is -0.143. The number of hydrogen-bond donors (Lipinski definition) is 9. The molecule has 2 rings (SSSR count). The lowest BCUT2D eigenvalue weighted by atomic mass is 10.1. The molecule has 1 fully saturated rings. The van der Waals surface area contributed by atoms with Crippen LogP contribution in [0, 0.1) is 0 Å². The van der Waals surface area contributed by atoms with Gasteiger partial charge in [-0.2, -0.15) is 0 Å². The Labute approximate surface area is 256 Å². The molecule has 1 aromatic rings. The number of nitrogens with zero attached hydrogens (tertiary/aromatic N) is 1. The van der Waals surface area contributed by atoms with Crippen LogP contribution in [-0.2, 0) is 40.0 Å². The average molecular weight is 637 g/mol. The fourth-order valence-corrected chi connectivity index (χ4v) is 5.13. The van der Waals surface area contributed by atoms with Gasteiger partial charge in [-0.15, -0.1) is 11.8 Å². The smallest absolute Gasteiger partial charge is 0.327 e. The maximum atomic E-state index is 13.2. The molecule has 17 nitrogen and oxygen atoms in total. The average Bonchev–Trinajstić information content (AvgIpc) is 2.96. The van der Waals surface area contributed by atoms with Crippen molar-refractivity contribution in [2.24, 2.45) is 16.5 Å². The number of aliphatic carboxylic acids is 2. The second-order valence-corrected chi connectivity index (χ2v) is 10.9. The number of nitrogens with two attached hydrogens (primary N) is 2. The second-order valence-electron chi connectivity index (χ2n) is 9.63. The quantitative estimate of drug-likeness (QED) is 0.0730. The normalized spacial score (nSPS) is 22.5. The Morgan fingerprint density at radius 2 is 1.48 bits per heavy atom. The lowest BCUT2D eigenvalue weighted by Crippen LogP contribution is -2.56. The SMILES string of the molecule is NC(N)=NCCC[C@@H]1NC(=O)CNC(=O)[C@@H](Cc2ccccc2)SC[C@@H](C(=O)O)NC(=O)[C@H](CC(=O)O)NC(=O)CNC1=O. The number of aliphatic imine (C=N–C) groups is 1. The number of benzene rings is 1. The third kappa shape index (κ3) is 13.0. The Balaban J connectivity index is 2.34. The van der Waals surface area contributed by atoms with Crippen LogP contribution >= 0.6 is 11.8 Å². The Hall–Kier alpha value is -4.87. The number of thioether (sulfide) groups is 1. The first kappa shape index (κ1) is 35.3. The van der Waals surface area contributed by atoms with E-state index in [1.807, 2.05) is 0 Å². The molecule has 0 unspecified atom stereocenters. The summed E-state index contributed by atoms with van der Waals surface area (Å²) in [7, 11) is 0. The first-order valence-electron chi connectivity index (χ1n) is 13.5. The standard InChI is InChI=1S/C26H36N8O9S/c27-26(28)29-8-4-7-15-22(39)30-11-20(36)33-16(10-21(37)38)23(40)34-17(25(42)43)13-44-18(9-14-5-2-1-3-6-14)24(41)31-12-19(35)32-15/h1-3,5-6,15-18H,4,7-13H2,(H,30,39)(H,31,41)(H,32,35)(H,33,36)(H,34,40)(H,37,38)(H,42,43)(H4,27,28,29)/t15-,16-,17-,18+/m0/s1. The Morgan fingerprint density at radius 3 is 2.07 bits per heavy atom. The Morgan fingerprint density at radius 1 is 0.864 bits per heavy atom. The fraction of sp³-hybridized carbons (Fsp3) is 0.462.